The van der Waals surface area contributed by atoms with Crippen molar-refractivity contribution in [2.24, 2.45) is 0 Å². The van der Waals surface area contributed by atoms with Gasteiger partial charge in [0.25, 0.3) is 5.89 Å². The molecule has 3 aromatic rings. The molecule has 8 nitrogen and oxygen atoms in total. The van der Waals surface area contributed by atoms with Crippen LogP contribution < -0.4 is 4.90 Å². The fraction of sp³-hybridized carbons (Fsp3) is 0.174. The van der Waals surface area contributed by atoms with Crippen molar-refractivity contribution in [2.75, 3.05) is 4.90 Å². The summed E-state index contributed by atoms with van der Waals surface area (Å²) in [5.41, 5.74) is 0.360. The third kappa shape index (κ3) is 4.87. The first-order valence-corrected chi connectivity index (χ1v) is 11.9. The topological polar surface area (TPSA) is 103 Å². The number of aromatic nitrogens is 2. The molecule has 1 aliphatic heterocycles. The van der Waals surface area contributed by atoms with Crippen LogP contribution in [0.15, 0.2) is 69.1 Å². The van der Waals surface area contributed by atoms with E-state index in [-0.39, 0.29) is 39.1 Å². The molecule has 36 heavy (non-hydrogen) atoms. The predicted octanol–water partition coefficient (Wildman–Crippen LogP) is 6.16. The number of nitrogens with one attached hydrogen (secondary N) is 1. The lowest BCUT2D eigenvalue weighted by Gasteiger charge is -2.30. The molecule has 2 heterocycles. The molecule has 188 valence electrons. The Bertz CT molecular complexity index is 1460. The fourth-order valence-electron chi connectivity index (χ4n) is 3.39. The highest BCUT2D eigenvalue weighted by molar-refractivity contribution is 7.99. The Morgan fingerprint density at radius 1 is 1.08 bits per heavy atom. The van der Waals surface area contributed by atoms with E-state index in [0.717, 1.165) is 23.1 Å². The number of rotatable bonds is 5. The Morgan fingerprint density at radius 3 is 2.28 bits per heavy atom. The normalized spacial score (nSPS) is 15.0. The van der Waals surface area contributed by atoms with Crippen molar-refractivity contribution >= 4 is 21.4 Å². The average molecular weight is 521 g/mol. The molecule has 4 rings (SSSR count). The summed E-state index contributed by atoms with van der Waals surface area (Å²) in [6, 6.07) is 8.00. The van der Waals surface area contributed by atoms with Gasteiger partial charge in [0.2, 0.25) is 5.89 Å². The van der Waals surface area contributed by atoms with Crippen LogP contribution in [0.3, 0.4) is 0 Å². The van der Waals surface area contributed by atoms with Gasteiger partial charge in [-0.3, -0.25) is 9.80 Å². The lowest BCUT2D eigenvalue weighted by atomic mass is 10.1. The molecule has 0 bridgehead atoms. The zero-order valence-corrected chi connectivity index (χ0v) is 19.7. The minimum Gasteiger partial charge on any atom is -0.415 e. The lowest BCUT2D eigenvalue weighted by Crippen LogP contribution is -2.39. The maximum absolute atomic E-state index is 15.0. The molecule has 1 aromatic heterocycles. The number of carbonyl (C=O) groups excluding carboxylic acids is 1. The molecule has 0 fully saturated rings. The Balaban J connectivity index is 1.68. The van der Waals surface area contributed by atoms with Crippen LogP contribution in [-0.2, 0) is 16.3 Å². The zero-order valence-electron chi connectivity index (χ0n) is 18.9. The van der Waals surface area contributed by atoms with Gasteiger partial charge in [-0.1, -0.05) is 6.07 Å². The van der Waals surface area contributed by atoms with Crippen LogP contribution in [0.5, 0.6) is 0 Å². The fourth-order valence-corrected chi connectivity index (χ4v) is 4.42. The van der Waals surface area contributed by atoms with Gasteiger partial charge in [-0.25, -0.2) is 22.6 Å². The number of benzene rings is 2. The highest BCUT2D eigenvalue weighted by Crippen LogP contribution is 2.29. The summed E-state index contributed by atoms with van der Waals surface area (Å²) in [5.74, 6) is -2.51. The van der Waals surface area contributed by atoms with Gasteiger partial charge in [0.15, 0.2) is 0 Å². The minimum absolute atomic E-state index is 0.0488. The summed E-state index contributed by atoms with van der Waals surface area (Å²) in [5, 5.41) is 6.70. The van der Waals surface area contributed by atoms with Gasteiger partial charge in [0.05, 0.1) is 16.3 Å². The van der Waals surface area contributed by atoms with Crippen molar-refractivity contribution in [3.63, 3.8) is 0 Å². The van der Waals surface area contributed by atoms with Crippen molar-refractivity contribution in [2.45, 2.75) is 26.8 Å². The van der Waals surface area contributed by atoms with E-state index >= 15 is 4.39 Å². The zero-order chi connectivity index (χ0) is 26.2. The molecule has 13 heteroatoms. The van der Waals surface area contributed by atoms with Crippen LogP contribution in [0.1, 0.15) is 31.7 Å². The largest absolute Gasteiger partial charge is 0.415 e. The van der Waals surface area contributed by atoms with Gasteiger partial charge < -0.3 is 4.42 Å². The van der Waals surface area contributed by atoms with E-state index < -0.39 is 39.7 Å². The molecule has 1 aliphatic rings. The molecule has 0 saturated carbocycles. The molecular formula is C23H19F4N5O3S. The molecule has 0 radical (unpaired) electrons. The standard InChI is InChI=1S/C23H19F4N5O3S/c1-13-10-31(11-14(2)36(13,28)34)23(33)32(18-7-5-17(24)6-8-18)12-16-4-3-15(9-19(16)25)21-29-30-22(35-21)20(26)27/h3-11,20,28H,12H2,1-2H3. The summed E-state index contributed by atoms with van der Waals surface area (Å²) in [6.07, 6.45) is -0.451. The highest BCUT2D eigenvalue weighted by Gasteiger charge is 2.27. The van der Waals surface area contributed by atoms with E-state index in [4.69, 9.17) is 9.20 Å². The number of halogens is 4. The van der Waals surface area contributed by atoms with Crippen LogP contribution in [0.25, 0.3) is 11.5 Å². The van der Waals surface area contributed by atoms with Crippen molar-refractivity contribution in [1.82, 2.24) is 15.1 Å². The molecule has 0 aliphatic carbocycles. The van der Waals surface area contributed by atoms with Crippen molar-refractivity contribution < 1.29 is 31.0 Å². The van der Waals surface area contributed by atoms with Gasteiger partial charge in [-0.2, -0.15) is 8.78 Å². The Labute approximate surface area is 203 Å². The third-order valence-corrected chi connectivity index (χ3v) is 7.42. The Hall–Kier alpha value is -4.00. The average Bonchev–Trinajstić information content (AvgIpc) is 3.33. The van der Waals surface area contributed by atoms with Gasteiger partial charge in [0, 0.05) is 39.0 Å². The minimum atomic E-state index is -3.17. The Morgan fingerprint density at radius 2 is 1.72 bits per heavy atom. The van der Waals surface area contributed by atoms with E-state index in [1.165, 1.54) is 55.4 Å². The van der Waals surface area contributed by atoms with E-state index in [2.05, 4.69) is 10.2 Å². The van der Waals surface area contributed by atoms with E-state index in [1.54, 1.807) is 0 Å². The smallest absolute Gasteiger partial charge is 0.332 e. The summed E-state index contributed by atoms with van der Waals surface area (Å²) in [4.78, 5) is 16.1. The monoisotopic (exact) mass is 521 g/mol. The third-order valence-electron chi connectivity index (χ3n) is 5.39. The number of carbonyl (C=O) groups is 1. The number of hydrogen-bond donors (Lipinski definition) is 1. The molecule has 0 atom stereocenters. The molecule has 2 aromatic carbocycles. The van der Waals surface area contributed by atoms with Gasteiger partial charge >= 0.3 is 12.5 Å². The number of hydrogen-bond acceptors (Lipinski definition) is 6. The Kier molecular flexibility index (Phi) is 6.67. The number of urea groups is 1. The summed E-state index contributed by atoms with van der Waals surface area (Å²) in [6.45, 7) is 2.63. The molecule has 2 amide bonds. The number of anilines is 1. The number of amides is 2. The number of nitrogens with zero attached hydrogens (tertiary/aromatic N) is 4. The maximum atomic E-state index is 15.0. The van der Waals surface area contributed by atoms with Gasteiger partial charge in [-0.15, -0.1) is 10.2 Å². The van der Waals surface area contributed by atoms with Crippen LogP contribution >= 0.6 is 0 Å². The van der Waals surface area contributed by atoms with E-state index in [1.807, 2.05) is 0 Å². The summed E-state index contributed by atoms with van der Waals surface area (Å²) in [7, 11) is -3.17. The number of alkyl halides is 2. The van der Waals surface area contributed by atoms with Crippen LogP contribution in [-0.4, -0.2) is 25.3 Å². The molecule has 0 saturated heterocycles. The molecular weight excluding hydrogens is 502 g/mol. The van der Waals surface area contributed by atoms with Crippen molar-refractivity contribution in [3.8, 4) is 11.5 Å². The van der Waals surface area contributed by atoms with Gasteiger partial charge in [-0.05, 0) is 50.2 Å². The summed E-state index contributed by atoms with van der Waals surface area (Å²) >= 11 is 0. The lowest BCUT2D eigenvalue weighted by molar-refractivity contribution is 0.116. The predicted molar refractivity (Wildman–Crippen MR) is 123 cm³/mol. The number of allylic oxidation sites excluding steroid dienone is 2. The van der Waals surface area contributed by atoms with Gasteiger partial charge in [0.1, 0.15) is 11.6 Å². The first-order valence-electron chi connectivity index (χ1n) is 10.4. The van der Waals surface area contributed by atoms with E-state index in [9.17, 15) is 22.2 Å². The first-order chi connectivity index (χ1) is 17.0. The van der Waals surface area contributed by atoms with Crippen molar-refractivity contribution in [3.05, 3.63) is 87.8 Å². The second-order valence-corrected chi connectivity index (χ2v) is 10.2. The molecule has 1 N–H and O–H groups in total. The first kappa shape index (κ1) is 25.1. The van der Waals surface area contributed by atoms with Crippen LogP contribution in [0.2, 0.25) is 0 Å². The molecule has 0 spiro atoms. The summed E-state index contributed by atoms with van der Waals surface area (Å²) < 4.78 is 79.3. The van der Waals surface area contributed by atoms with E-state index in [0.29, 0.717) is 0 Å². The quantitative estimate of drug-likeness (QED) is 0.405. The van der Waals surface area contributed by atoms with Crippen LogP contribution in [0, 0.1) is 16.4 Å². The van der Waals surface area contributed by atoms with Crippen molar-refractivity contribution in [1.29, 1.82) is 4.78 Å². The second-order valence-electron chi connectivity index (χ2n) is 7.84. The second kappa shape index (κ2) is 9.57. The maximum Gasteiger partial charge on any atom is 0.332 e. The highest BCUT2D eigenvalue weighted by atomic mass is 32.2. The SMILES string of the molecule is CC1=CN(C(=O)N(Cc2ccc(-c3nnc(C(F)F)o3)cc2F)c2ccc(F)cc2)C=C(C)S1(=N)=O. The molecule has 0 unspecified atom stereocenters. The van der Waals surface area contributed by atoms with Crippen LogP contribution in [0.4, 0.5) is 28.0 Å².